The van der Waals surface area contributed by atoms with Crippen molar-refractivity contribution in [1.29, 1.82) is 0 Å². The smallest absolute Gasteiger partial charge is 0.106 e. The summed E-state index contributed by atoms with van der Waals surface area (Å²) in [4.78, 5) is 2.78. The average molecular weight is 315 g/mol. The molecule has 0 radical (unpaired) electrons. The molecule has 1 aromatic rings. The van der Waals surface area contributed by atoms with E-state index in [2.05, 4.69) is 47.7 Å². The number of nitrogens with zero attached hydrogens (tertiary/aromatic N) is 1. The van der Waals surface area contributed by atoms with Crippen molar-refractivity contribution in [3.63, 3.8) is 0 Å². The van der Waals surface area contributed by atoms with Crippen LogP contribution in [-0.4, -0.2) is 17.6 Å². The fraction of sp³-hybridized carbons (Fsp3) is 0.462. The topological polar surface area (TPSA) is 29.3 Å². The lowest BCUT2D eigenvalue weighted by Crippen LogP contribution is -2.33. The minimum atomic E-state index is 0.434. The normalized spacial score (nSPS) is 10.6. The van der Waals surface area contributed by atoms with Crippen LogP contribution in [0.4, 0.5) is 5.69 Å². The molecular formula is C13H19BrN2S. The molecule has 0 aromatic heterocycles. The van der Waals surface area contributed by atoms with Gasteiger partial charge < -0.3 is 10.6 Å². The van der Waals surface area contributed by atoms with Gasteiger partial charge in [-0.3, -0.25) is 0 Å². The molecule has 0 heterocycles. The van der Waals surface area contributed by atoms with Crippen molar-refractivity contribution in [2.45, 2.75) is 33.2 Å². The lowest BCUT2D eigenvalue weighted by atomic mass is 10.1. The lowest BCUT2D eigenvalue weighted by molar-refractivity contribution is 0.671. The van der Waals surface area contributed by atoms with Crippen molar-refractivity contribution >= 4 is 38.8 Å². The molecule has 0 aliphatic carbocycles. The summed E-state index contributed by atoms with van der Waals surface area (Å²) in [6.07, 6.45) is 1.10. The molecule has 0 saturated heterocycles. The molecule has 4 heteroatoms. The van der Waals surface area contributed by atoms with Crippen LogP contribution >= 0.6 is 28.1 Å². The Morgan fingerprint density at radius 3 is 2.59 bits per heavy atom. The minimum Gasteiger partial charge on any atom is -0.389 e. The summed E-state index contributed by atoms with van der Waals surface area (Å²) in [6, 6.07) is 6.53. The molecule has 0 aliphatic rings. The maximum atomic E-state index is 5.80. The molecule has 0 fully saturated rings. The molecule has 2 N–H and O–H groups in total. The van der Waals surface area contributed by atoms with Gasteiger partial charge in [0.25, 0.3) is 0 Å². The Kier molecular flexibility index (Phi) is 5.40. The fourth-order valence-electron chi connectivity index (χ4n) is 1.85. The van der Waals surface area contributed by atoms with Gasteiger partial charge in [-0.2, -0.15) is 0 Å². The van der Waals surface area contributed by atoms with Crippen LogP contribution in [0.2, 0.25) is 0 Å². The maximum Gasteiger partial charge on any atom is 0.106 e. The number of benzene rings is 1. The molecule has 0 bridgehead atoms. The molecule has 0 spiro atoms. The van der Waals surface area contributed by atoms with Crippen LogP contribution in [0.1, 0.15) is 32.8 Å². The van der Waals surface area contributed by atoms with Crippen molar-refractivity contribution in [3.8, 4) is 0 Å². The number of anilines is 1. The van der Waals surface area contributed by atoms with Crippen LogP contribution < -0.4 is 10.6 Å². The third-order valence-electron chi connectivity index (χ3n) is 2.62. The van der Waals surface area contributed by atoms with Crippen molar-refractivity contribution in [2.75, 3.05) is 11.4 Å². The fourth-order valence-corrected chi connectivity index (χ4v) is 2.38. The zero-order valence-electron chi connectivity index (χ0n) is 10.5. The monoisotopic (exact) mass is 314 g/mol. The highest BCUT2D eigenvalue weighted by molar-refractivity contribution is 9.10. The quantitative estimate of drug-likeness (QED) is 0.840. The Morgan fingerprint density at radius 2 is 2.12 bits per heavy atom. The van der Waals surface area contributed by atoms with Gasteiger partial charge in [-0.15, -0.1) is 0 Å². The summed E-state index contributed by atoms with van der Waals surface area (Å²) in [7, 11) is 0. The van der Waals surface area contributed by atoms with E-state index in [-0.39, 0.29) is 0 Å². The van der Waals surface area contributed by atoms with Gasteiger partial charge in [0.05, 0.1) is 0 Å². The highest BCUT2D eigenvalue weighted by Gasteiger charge is 2.15. The number of nitrogens with two attached hydrogens (primary N) is 1. The highest BCUT2D eigenvalue weighted by Crippen LogP contribution is 2.26. The van der Waals surface area contributed by atoms with E-state index in [9.17, 15) is 0 Å². The maximum absolute atomic E-state index is 5.80. The first-order chi connectivity index (χ1) is 7.97. The summed E-state index contributed by atoms with van der Waals surface area (Å²) in [5, 5.41) is 0. The van der Waals surface area contributed by atoms with Crippen molar-refractivity contribution < 1.29 is 0 Å². The third kappa shape index (κ3) is 3.68. The second-order valence-electron chi connectivity index (χ2n) is 4.31. The van der Waals surface area contributed by atoms with E-state index in [1.807, 2.05) is 12.1 Å². The van der Waals surface area contributed by atoms with Gasteiger partial charge >= 0.3 is 0 Å². The van der Waals surface area contributed by atoms with Crippen LogP contribution in [-0.2, 0) is 0 Å². The first kappa shape index (κ1) is 14.5. The summed E-state index contributed by atoms with van der Waals surface area (Å²) in [6.45, 7) is 7.55. The Hall–Kier alpha value is -0.610. The van der Waals surface area contributed by atoms with Crippen LogP contribution in [0.25, 0.3) is 0 Å². The molecule has 17 heavy (non-hydrogen) atoms. The summed E-state index contributed by atoms with van der Waals surface area (Å²) < 4.78 is 1.00. The van der Waals surface area contributed by atoms with Crippen LogP contribution in [0.3, 0.4) is 0 Å². The number of thiocarbonyl (C=S) groups is 1. The minimum absolute atomic E-state index is 0.434. The van der Waals surface area contributed by atoms with E-state index >= 15 is 0 Å². The average Bonchev–Trinajstić information content (AvgIpc) is 2.26. The second-order valence-corrected chi connectivity index (χ2v) is 5.67. The molecule has 0 saturated carbocycles. The Bertz CT molecular complexity index is 404. The number of hydrogen-bond acceptors (Lipinski definition) is 2. The molecule has 0 amide bonds. The first-order valence-electron chi connectivity index (χ1n) is 5.83. The lowest BCUT2D eigenvalue weighted by Gasteiger charge is -2.30. The Balaban J connectivity index is 3.22. The van der Waals surface area contributed by atoms with E-state index in [0.717, 1.165) is 28.7 Å². The zero-order valence-corrected chi connectivity index (χ0v) is 12.9. The van der Waals surface area contributed by atoms with E-state index in [4.69, 9.17) is 18.0 Å². The van der Waals surface area contributed by atoms with Crippen molar-refractivity contribution in [3.05, 3.63) is 28.2 Å². The molecule has 1 aromatic carbocycles. The first-order valence-corrected chi connectivity index (χ1v) is 7.03. The standard InChI is InChI=1S/C13H19BrN2S/c1-4-7-16(9(2)3)12-6-5-10(14)8-11(12)13(15)17/h5-6,8-9H,4,7H2,1-3H3,(H2,15,17). The van der Waals surface area contributed by atoms with Gasteiger partial charge in [-0.25, -0.2) is 0 Å². The SMILES string of the molecule is CCCN(c1ccc(Br)cc1C(N)=S)C(C)C. The van der Waals surface area contributed by atoms with Gasteiger partial charge in [0.1, 0.15) is 4.99 Å². The van der Waals surface area contributed by atoms with E-state index in [1.54, 1.807) is 0 Å². The largest absolute Gasteiger partial charge is 0.389 e. The number of rotatable bonds is 5. The van der Waals surface area contributed by atoms with Gasteiger partial charge in [-0.1, -0.05) is 35.1 Å². The molecule has 0 aliphatic heterocycles. The molecule has 0 atom stereocenters. The Morgan fingerprint density at radius 1 is 1.47 bits per heavy atom. The predicted molar refractivity (Wildman–Crippen MR) is 82.8 cm³/mol. The number of halogens is 1. The zero-order chi connectivity index (χ0) is 13.0. The summed E-state index contributed by atoms with van der Waals surface area (Å²) >= 11 is 8.59. The molecule has 2 nitrogen and oxygen atoms in total. The third-order valence-corrected chi connectivity index (χ3v) is 3.33. The molecular weight excluding hydrogens is 296 g/mol. The highest BCUT2D eigenvalue weighted by atomic mass is 79.9. The van der Waals surface area contributed by atoms with E-state index in [0.29, 0.717) is 11.0 Å². The van der Waals surface area contributed by atoms with Crippen LogP contribution in [0, 0.1) is 0 Å². The van der Waals surface area contributed by atoms with Crippen LogP contribution in [0.5, 0.6) is 0 Å². The van der Waals surface area contributed by atoms with E-state index in [1.165, 1.54) is 0 Å². The molecule has 94 valence electrons. The van der Waals surface area contributed by atoms with Gasteiger partial charge in [0.2, 0.25) is 0 Å². The number of hydrogen-bond donors (Lipinski definition) is 1. The van der Waals surface area contributed by atoms with Gasteiger partial charge in [0, 0.05) is 28.3 Å². The predicted octanol–water partition coefficient (Wildman–Crippen LogP) is 3.71. The van der Waals surface area contributed by atoms with E-state index < -0.39 is 0 Å². The molecule has 0 unspecified atom stereocenters. The van der Waals surface area contributed by atoms with Crippen molar-refractivity contribution in [1.82, 2.24) is 0 Å². The second kappa shape index (κ2) is 6.36. The van der Waals surface area contributed by atoms with Crippen LogP contribution in [0.15, 0.2) is 22.7 Å². The summed E-state index contributed by atoms with van der Waals surface area (Å²) in [5.41, 5.74) is 7.87. The van der Waals surface area contributed by atoms with Crippen molar-refractivity contribution in [2.24, 2.45) is 5.73 Å². The van der Waals surface area contributed by atoms with Gasteiger partial charge in [0.15, 0.2) is 0 Å². The van der Waals surface area contributed by atoms with Gasteiger partial charge in [-0.05, 0) is 38.5 Å². The Labute approximate surface area is 117 Å². The summed E-state index contributed by atoms with van der Waals surface area (Å²) in [5.74, 6) is 0. The molecule has 1 rings (SSSR count).